The first kappa shape index (κ1) is 12.7. The van der Waals surface area contributed by atoms with Crippen molar-refractivity contribution in [3.8, 4) is 5.69 Å². The van der Waals surface area contributed by atoms with Crippen molar-refractivity contribution in [2.75, 3.05) is 0 Å². The SMILES string of the molecule is CCCc1cc(=S)n(-c2ccc(Cl)c(Cl)c2)[nH]1. The van der Waals surface area contributed by atoms with Gasteiger partial charge >= 0.3 is 0 Å². The Morgan fingerprint density at radius 1 is 1.24 bits per heavy atom. The predicted octanol–water partition coefficient (Wildman–Crippen LogP) is 4.79. The standard InChI is InChI=1S/C12H12Cl2N2S/c1-2-3-8-6-12(17)16(15-8)9-4-5-10(13)11(14)7-9/h4-7,15H,2-3H2,1H3. The van der Waals surface area contributed by atoms with Crippen LogP contribution in [-0.4, -0.2) is 9.78 Å². The molecular formula is C12H12Cl2N2S. The van der Waals surface area contributed by atoms with Crippen molar-refractivity contribution >= 4 is 35.4 Å². The zero-order valence-corrected chi connectivity index (χ0v) is 11.7. The number of aryl methyl sites for hydroxylation is 1. The maximum Gasteiger partial charge on any atom is 0.127 e. The Balaban J connectivity index is 2.45. The summed E-state index contributed by atoms with van der Waals surface area (Å²) < 4.78 is 2.58. The minimum atomic E-state index is 0.526. The summed E-state index contributed by atoms with van der Waals surface area (Å²) in [6.07, 6.45) is 2.06. The van der Waals surface area contributed by atoms with Crippen molar-refractivity contribution in [3.05, 3.63) is 44.6 Å². The van der Waals surface area contributed by atoms with Gasteiger partial charge in [0.05, 0.1) is 15.7 Å². The third kappa shape index (κ3) is 2.73. The molecule has 5 heteroatoms. The van der Waals surface area contributed by atoms with Gasteiger partial charge in [0.15, 0.2) is 0 Å². The number of benzene rings is 1. The zero-order chi connectivity index (χ0) is 12.4. The number of hydrogen-bond acceptors (Lipinski definition) is 1. The molecule has 0 saturated carbocycles. The van der Waals surface area contributed by atoms with E-state index in [1.807, 2.05) is 16.8 Å². The predicted molar refractivity (Wildman–Crippen MR) is 75.0 cm³/mol. The normalized spacial score (nSPS) is 10.8. The number of aromatic amines is 1. The van der Waals surface area contributed by atoms with E-state index in [0.717, 1.165) is 28.9 Å². The molecule has 0 atom stereocenters. The Morgan fingerprint density at radius 3 is 2.65 bits per heavy atom. The highest BCUT2D eigenvalue weighted by Gasteiger charge is 2.04. The van der Waals surface area contributed by atoms with Crippen molar-refractivity contribution in [2.45, 2.75) is 19.8 Å². The lowest BCUT2D eigenvalue weighted by molar-refractivity contribution is 0.802. The number of hydrogen-bond donors (Lipinski definition) is 1. The van der Waals surface area contributed by atoms with Crippen LogP contribution in [0, 0.1) is 4.64 Å². The molecule has 90 valence electrons. The largest absolute Gasteiger partial charge is 0.297 e. The number of aromatic nitrogens is 2. The Bertz CT molecular complexity index is 586. The molecule has 0 aliphatic rings. The lowest BCUT2D eigenvalue weighted by Gasteiger charge is -2.04. The quantitative estimate of drug-likeness (QED) is 0.805. The topological polar surface area (TPSA) is 20.7 Å². The summed E-state index contributed by atoms with van der Waals surface area (Å²) in [5.41, 5.74) is 2.02. The molecular weight excluding hydrogens is 275 g/mol. The molecule has 0 unspecified atom stereocenters. The van der Waals surface area contributed by atoms with E-state index in [9.17, 15) is 0 Å². The summed E-state index contributed by atoms with van der Waals surface area (Å²) in [5.74, 6) is 0. The molecule has 2 aromatic rings. The minimum absolute atomic E-state index is 0.526. The number of nitrogens with one attached hydrogen (secondary N) is 1. The molecule has 0 fully saturated rings. The van der Waals surface area contributed by atoms with Crippen molar-refractivity contribution in [2.24, 2.45) is 0 Å². The molecule has 0 aliphatic heterocycles. The fourth-order valence-corrected chi connectivity index (χ4v) is 2.24. The Labute approximate surface area is 115 Å². The number of H-pyrrole nitrogens is 1. The van der Waals surface area contributed by atoms with Gasteiger partial charge in [-0.1, -0.05) is 48.8 Å². The van der Waals surface area contributed by atoms with Gasteiger partial charge in [-0.25, -0.2) is 4.68 Å². The molecule has 0 spiro atoms. The lowest BCUT2D eigenvalue weighted by Crippen LogP contribution is -1.97. The Morgan fingerprint density at radius 2 is 2.00 bits per heavy atom. The number of halogens is 2. The summed E-state index contributed by atoms with van der Waals surface area (Å²) in [4.78, 5) is 0. The molecule has 1 heterocycles. The maximum absolute atomic E-state index is 5.99. The summed E-state index contributed by atoms with van der Waals surface area (Å²) >= 11 is 17.2. The Kier molecular flexibility index (Phi) is 3.92. The second-order valence-electron chi connectivity index (χ2n) is 3.80. The van der Waals surface area contributed by atoms with Crippen molar-refractivity contribution in [3.63, 3.8) is 0 Å². The number of nitrogens with zero attached hydrogens (tertiary/aromatic N) is 1. The van der Waals surface area contributed by atoms with Crippen molar-refractivity contribution in [1.82, 2.24) is 9.78 Å². The molecule has 0 bridgehead atoms. The molecule has 1 N–H and O–H groups in total. The first-order valence-electron chi connectivity index (χ1n) is 5.38. The van der Waals surface area contributed by atoms with E-state index < -0.39 is 0 Å². The summed E-state index contributed by atoms with van der Waals surface area (Å²) in [5, 5.41) is 4.33. The minimum Gasteiger partial charge on any atom is -0.297 e. The van der Waals surface area contributed by atoms with Gasteiger partial charge in [0.1, 0.15) is 4.64 Å². The van der Waals surface area contributed by atoms with Crippen molar-refractivity contribution in [1.29, 1.82) is 0 Å². The smallest absolute Gasteiger partial charge is 0.127 e. The van der Waals surface area contributed by atoms with E-state index >= 15 is 0 Å². The average molecular weight is 287 g/mol. The number of rotatable bonds is 3. The second kappa shape index (κ2) is 5.25. The van der Waals surface area contributed by atoms with E-state index in [1.54, 1.807) is 12.1 Å². The maximum atomic E-state index is 5.99. The van der Waals surface area contributed by atoms with E-state index in [4.69, 9.17) is 35.4 Å². The van der Waals surface area contributed by atoms with E-state index in [-0.39, 0.29) is 0 Å². The Hall–Kier alpha value is -0.770. The van der Waals surface area contributed by atoms with Crippen LogP contribution in [0.4, 0.5) is 0 Å². The van der Waals surface area contributed by atoms with E-state index in [2.05, 4.69) is 12.0 Å². The highest BCUT2D eigenvalue weighted by Crippen LogP contribution is 2.24. The molecule has 0 amide bonds. The average Bonchev–Trinajstić information content (AvgIpc) is 2.64. The molecule has 17 heavy (non-hydrogen) atoms. The molecule has 2 nitrogen and oxygen atoms in total. The van der Waals surface area contributed by atoms with Crippen LogP contribution in [0.3, 0.4) is 0 Å². The van der Waals surface area contributed by atoms with Gasteiger partial charge in [-0.3, -0.25) is 5.10 Å². The zero-order valence-electron chi connectivity index (χ0n) is 9.34. The molecule has 0 saturated heterocycles. The lowest BCUT2D eigenvalue weighted by atomic mass is 10.3. The van der Waals surface area contributed by atoms with Crippen molar-refractivity contribution < 1.29 is 0 Å². The van der Waals surface area contributed by atoms with Crippen LogP contribution in [-0.2, 0) is 6.42 Å². The molecule has 1 aromatic carbocycles. The molecule has 1 aromatic heterocycles. The van der Waals surface area contributed by atoms with Gasteiger partial charge in [0, 0.05) is 5.69 Å². The van der Waals surface area contributed by atoms with Gasteiger partial charge in [0.25, 0.3) is 0 Å². The van der Waals surface area contributed by atoms with Gasteiger partial charge in [-0.05, 0) is 30.7 Å². The van der Waals surface area contributed by atoms with Crippen LogP contribution in [0.15, 0.2) is 24.3 Å². The van der Waals surface area contributed by atoms with E-state index in [0.29, 0.717) is 10.0 Å². The monoisotopic (exact) mass is 286 g/mol. The van der Waals surface area contributed by atoms with Gasteiger partial charge < -0.3 is 0 Å². The van der Waals surface area contributed by atoms with Crippen LogP contribution in [0.1, 0.15) is 19.0 Å². The van der Waals surface area contributed by atoms with Gasteiger partial charge in [-0.2, -0.15) is 0 Å². The first-order valence-corrected chi connectivity index (χ1v) is 6.54. The first-order chi connectivity index (χ1) is 8.11. The molecule has 2 rings (SSSR count). The fraction of sp³-hybridized carbons (Fsp3) is 0.250. The third-order valence-corrected chi connectivity index (χ3v) is 3.49. The fourth-order valence-electron chi connectivity index (χ4n) is 1.66. The van der Waals surface area contributed by atoms with Crippen LogP contribution in [0.25, 0.3) is 5.69 Å². The molecule has 0 radical (unpaired) electrons. The highest BCUT2D eigenvalue weighted by atomic mass is 35.5. The van der Waals surface area contributed by atoms with Crippen LogP contribution in [0.2, 0.25) is 10.0 Å². The summed E-state index contributed by atoms with van der Waals surface area (Å²) in [7, 11) is 0. The second-order valence-corrected chi connectivity index (χ2v) is 5.04. The molecule has 0 aliphatic carbocycles. The highest BCUT2D eigenvalue weighted by molar-refractivity contribution is 7.71. The van der Waals surface area contributed by atoms with Gasteiger partial charge in [0.2, 0.25) is 0 Å². The van der Waals surface area contributed by atoms with Crippen LogP contribution >= 0.6 is 35.4 Å². The van der Waals surface area contributed by atoms with Crippen LogP contribution < -0.4 is 0 Å². The van der Waals surface area contributed by atoms with E-state index in [1.165, 1.54) is 0 Å². The third-order valence-electron chi connectivity index (χ3n) is 2.45. The summed E-state index contributed by atoms with van der Waals surface area (Å²) in [6.45, 7) is 2.13. The van der Waals surface area contributed by atoms with Gasteiger partial charge in [-0.15, -0.1) is 0 Å². The summed E-state index contributed by atoms with van der Waals surface area (Å²) in [6, 6.07) is 7.42. The van der Waals surface area contributed by atoms with Crippen LogP contribution in [0.5, 0.6) is 0 Å².